The van der Waals surface area contributed by atoms with Crippen LogP contribution in [0.2, 0.25) is 0 Å². The van der Waals surface area contributed by atoms with Gasteiger partial charge in [0.1, 0.15) is 0 Å². The van der Waals surface area contributed by atoms with Crippen LogP contribution in [0.4, 0.5) is 11.4 Å². The molecule has 2 heterocycles. The van der Waals surface area contributed by atoms with E-state index in [0.29, 0.717) is 0 Å². The van der Waals surface area contributed by atoms with E-state index in [1.54, 1.807) is 0 Å². The Morgan fingerprint density at radius 2 is 1.72 bits per heavy atom. The topological polar surface area (TPSA) is 30.9 Å². The summed E-state index contributed by atoms with van der Waals surface area (Å²) < 4.78 is 0. The van der Waals surface area contributed by atoms with Crippen molar-refractivity contribution in [2.24, 2.45) is 4.99 Å². The maximum absolute atomic E-state index is 4.45. The zero-order valence-corrected chi connectivity index (χ0v) is 14.7. The first-order valence-corrected chi connectivity index (χ1v) is 8.88. The molecule has 25 heavy (non-hydrogen) atoms. The van der Waals surface area contributed by atoms with E-state index in [1.165, 1.54) is 22.4 Å². The molecule has 0 radical (unpaired) electrons. The Morgan fingerprint density at radius 3 is 2.52 bits per heavy atom. The number of likely N-dealkylation sites (N-methyl/N-ethyl adjacent to an activating group) is 1. The van der Waals surface area contributed by atoms with Gasteiger partial charge < -0.3 is 15.1 Å². The van der Waals surface area contributed by atoms with Crippen molar-refractivity contribution in [2.75, 3.05) is 50.0 Å². The minimum absolute atomic E-state index is 0.726. The Balaban J connectivity index is 1.44. The third kappa shape index (κ3) is 3.59. The fourth-order valence-electron chi connectivity index (χ4n) is 3.36. The van der Waals surface area contributed by atoms with Crippen LogP contribution in [-0.4, -0.2) is 50.9 Å². The van der Waals surface area contributed by atoms with Gasteiger partial charge in [-0.05, 0) is 48.0 Å². The molecule has 0 bridgehead atoms. The lowest BCUT2D eigenvalue weighted by Gasteiger charge is -2.34. The van der Waals surface area contributed by atoms with Crippen molar-refractivity contribution in [1.29, 1.82) is 0 Å². The molecule has 4 heteroatoms. The molecule has 0 aliphatic carbocycles. The van der Waals surface area contributed by atoms with Crippen molar-refractivity contribution in [2.45, 2.75) is 0 Å². The average Bonchev–Trinajstić information content (AvgIpc) is 2.67. The highest BCUT2D eigenvalue weighted by atomic mass is 15.2. The molecule has 128 valence electrons. The number of anilines is 2. The molecule has 0 aromatic heterocycles. The van der Waals surface area contributed by atoms with Crippen molar-refractivity contribution in [3.05, 3.63) is 65.9 Å². The van der Waals surface area contributed by atoms with E-state index in [0.717, 1.165) is 38.4 Å². The van der Waals surface area contributed by atoms with Gasteiger partial charge in [0.25, 0.3) is 0 Å². The highest BCUT2D eigenvalue weighted by molar-refractivity contribution is 5.92. The van der Waals surface area contributed by atoms with Gasteiger partial charge in [0.05, 0.1) is 6.54 Å². The second-order valence-corrected chi connectivity index (χ2v) is 6.71. The predicted molar refractivity (Wildman–Crippen MR) is 107 cm³/mol. The number of hydrogen-bond donors (Lipinski definition) is 1. The maximum Gasteiger partial charge on any atom is 0.0660 e. The van der Waals surface area contributed by atoms with E-state index >= 15 is 0 Å². The van der Waals surface area contributed by atoms with Gasteiger partial charge in [-0.25, -0.2) is 0 Å². The van der Waals surface area contributed by atoms with Gasteiger partial charge in [-0.15, -0.1) is 0 Å². The minimum atomic E-state index is 0.726. The number of fused-ring (bicyclic) bond motifs is 1. The van der Waals surface area contributed by atoms with Crippen LogP contribution >= 0.6 is 0 Å². The first kappa shape index (κ1) is 15.9. The minimum Gasteiger partial charge on any atom is -0.369 e. The zero-order chi connectivity index (χ0) is 17.1. The summed E-state index contributed by atoms with van der Waals surface area (Å²) in [5, 5.41) is 3.43. The highest BCUT2D eigenvalue weighted by Gasteiger charge is 2.14. The highest BCUT2D eigenvalue weighted by Crippen LogP contribution is 2.23. The van der Waals surface area contributed by atoms with Crippen molar-refractivity contribution in [3.8, 4) is 0 Å². The van der Waals surface area contributed by atoms with Crippen molar-refractivity contribution in [1.82, 2.24) is 4.90 Å². The average molecular weight is 332 g/mol. The molecular weight excluding hydrogens is 308 g/mol. The van der Waals surface area contributed by atoms with E-state index in [-0.39, 0.29) is 0 Å². The monoisotopic (exact) mass is 332 g/mol. The molecule has 0 amide bonds. The molecule has 2 aromatic carbocycles. The standard InChI is InChI=1S/C21H24N4/c1-24-10-12-25(13-11-24)20-8-6-19(7-9-20)23-16-18-15-22-14-17-4-2-3-5-21(17)18/h2-9,14,16,23H,10-13,15H2,1H3. The molecular formula is C21H24N4. The lowest BCUT2D eigenvalue weighted by atomic mass is 9.99. The van der Waals surface area contributed by atoms with E-state index in [1.807, 2.05) is 6.21 Å². The summed E-state index contributed by atoms with van der Waals surface area (Å²) in [6, 6.07) is 17.1. The van der Waals surface area contributed by atoms with Crippen molar-refractivity contribution < 1.29 is 0 Å². The van der Waals surface area contributed by atoms with Crippen LogP contribution < -0.4 is 10.2 Å². The van der Waals surface area contributed by atoms with Gasteiger partial charge in [-0.2, -0.15) is 0 Å². The summed E-state index contributed by atoms with van der Waals surface area (Å²) in [6.45, 7) is 5.19. The Kier molecular flexibility index (Phi) is 4.53. The van der Waals surface area contributed by atoms with Crippen LogP contribution in [0.5, 0.6) is 0 Å². The first-order valence-electron chi connectivity index (χ1n) is 8.88. The number of rotatable bonds is 3. The van der Waals surface area contributed by atoms with Crippen LogP contribution in [0, 0.1) is 0 Å². The van der Waals surface area contributed by atoms with E-state index in [9.17, 15) is 0 Å². The lowest BCUT2D eigenvalue weighted by molar-refractivity contribution is 0.313. The second-order valence-electron chi connectivity index (χ2n) is 6.71. The molecule has 2 aliphatic heterocycles. The van der Waals surface area contributed by atoms with Crippen LogP contribution in [0.3, 0.4) is 0 Å². The molecule has 1 N–H and O–H groups in total. The summed E-state index contributed by atoms with van der Waals surface area (Å²) in [5.74, 6) is 0. The Labute approximate surface area is 149 Å². The molecule has 1 saturated heterocycles. The second kappa shape index (κ2) is 7.11. The molecule has 2 aliphatic rings. The van der Waals surface area contributed by atoms with E-state index in [4.69, 9.17) is 0 Å². The number of aliphatic imine (C=N–C) groups is 1. The predicted octanol–water partition coefficient (Wildman–Crippen LogP) is 3.32. The summed E-state index contributed by atoms with van der Waals surface area (Å²) in [7, 11) is 2.19. The van der Waals surface area contributed by atoms with Crippen molar-refractivity contribution in [3.63, 3.8) is 0 Å². The number of benzene rings is 2. The molecule has 0 saturated carbocycles. The zero-order valence-electron chi connectivity index (χ0n) is 14.7. The fourth-order valence-corrected chi connectivity index (χ4v) is 3.36. The smallest absolute Gasteiger partial charge is 0.0660 e. The largest absolute Gasteiger partial charge is 0.369 e. The molecule has 0 spiro atoms. The molecule has 2 aromatic rings. The fraction of sp³-hybridized carbons (Fsp3) is 0.286. The number of nitrogens with one attached hydrogen (secondary N) is 1. The molecule has 4 rings (SSSR count). The summed E-state index contributed by atoms with van der Waals surface area (Å²) in [6.07, 6.45) is 4.04. The van der Waals surface area contributed by atoms with Gasteiger partial charge in [-0.1, -0.05) is 24.3 Å². The normalized spacial score (nSPS) is 19.1. The Hall–Kier alpha value is -2.59. The summed E-state index contributed by atoms with van der Waals surface area (Å²) in [5.41, 5.74) is 6.09. The van der Waals surface area contributed by atoms with Gasteiger partial charge in [0, 0.05) is 50.0 Å². The molecule has 4 nitrogen and oxygen atoms in total. The maximum atomic E-state index is 4.45. The van der Waals surface area contributed by atoms with Crippen LogP contribution in [0.15, 0.2) is 59.7 Å². The van der Waals surface area contributed by atoms with Crippen LogP contribution in [0.25, 0.3) is 5.57 Å². The molecule has 1 fully saturated rings. The first-order chi connectivity index (χ1) is 12.3. The molecule has 0 unspecified atom stereocenters. The Morgan fingerprint density at radius 1 is 0.960 bits per heavy atom. The molecule has 0 atom stereocenters. The quantitative estimate of drug-likeness (QED) is 0.935. The van der Waals surface area contributed by atoms with Gasteiger partial charge in [-0.3, -0.25) is 4.99 Å². The van der Waals surface area contributed by atoms with E-state index in [2.05, 4.69) is 81.9 Å². The van der Waals surface area contributed by atoms with E-state index < -0.39 is 0 Å². The van der Waals surface area contributed by atoms with Gasteiger partial charge >= 0.3 is 0 Å². The van der Waals surface area contributed by atoms with Crippen molar-refractivity contribution >= 4 is 23.2 Å². The lowest BCUT2D eigenvalue weighted by Crippen LogP contribution is -2.44. The van der Waals surface area contributed by atoms with Crippen LogP contribution in [-0.2, 0) is 0 Å². The third-order valence-electron chi connectivity index (χ3n) is 4.95. The third-order valence-corrected chi connectivity index (χ3v) is 4.95. The number of piperazine rings is 1. The SMILES string of the molecule is CN1CCN(c2ccc(NC=C3CN=Cc4ccccc43)cc2)CC1. The summed E-state index contributed by atoms with van der Waals surface area (Å²) in [4.78, 5) is 9.28. The number of hydrogen-bond acceptors (Lipinski definition) is 4. The van der Waals surface area contributed by atoms with Gasteiger partial charge in [0.15, 0.2) is 0 Å². The summed E-state index contributed by atoms with van der Waals surface area (Å²) >= 11 is 0. The Bertz CT molecular complexity index is 784. The number of nitrogens with zero attached hydrogens (tertiary/aromatic N) is 3. The van der Waals surface area contributed by atoms with Gasteiger partial charge in [0.2, 0.25) is 0 Å². The van der Waals surface area contributed by atoms with Crippen LogP contribution in [0.1, 0.15) is 11.1 Å².